The van der Waals surface area contributed by atoms with Crippen molar-refractivity contribution in [1.82, 2.24) is 10.6 Å². The molecule has 1 aromatic carbocycles. The number of ether oxygens (including phenoxy) is 2. The van der Waals surface area contributed by atoms with Crippen molar-refractivity contribution in [2.24, 2.45) is 0 Å². The first-order valence-corrected chi connectivity index (χ1v) is 8.28. The van der Waals surface area contributed by atoms with Gasteiger partial charge in [0, 0.05) is 38.8 Å². The van der Waals surface area contributed by atoms with Gasteiger partial charge >= 0.3 is 0 Å². The Hall–Kier alpha value is -1.14. The Morgan fingerprint density at radius 3 is 2.67 bits per heavy atom. The van der Waals surface area contributed by atoms with Crippen molar-refractivity contribution < 1.29 is 14.3 Å². The summed E-state index contributed by atoms with van der Waals surface area (Å²) in [6, 6.07) is 8.46. The smallest absolute Gasteiger partial charge is 0.233 e. The van der Waals surface area contributed by atoms with E-state index in [4.69, 9.17) is 9.47 Å². The van der Waals surface area contributed by atoms with Crippen LogP contribution in [-0.4, -0.2) is 52.5 Å². The van der Waals surface area contributed by atoms with E-state index in [2.05, 4.69) is 41.8 Å². The topological polar surface area (TPSA) is 59.6 Å². The van der Waals surface area contributed by atoms with E-state index in [1.54, 1.807) is 7.11 Å². The molecule has 6 heteroatoms. The van der Waals surface area contributed by atoms with Crippen LogP contribution >= 0.6 is 12.4 Å². The van der Waals surface area contributed by atoms with Crippen LogP contribution in [0.1, 0.15) is 24.0 Å². The molecule has 2 rings (SSSR count). The summed E-state index contributed by atoms with van der Waals surface area (Å²) in [6.07, 6.45) is 1.88. The highest BCUT2D eigenvalue weighted by molar-refractivity contribution is 5.85. The van der Waals surface area contributed by atoms with Crippen molar-refractivity contribution in [3.63, 3.8) is 0 Å². The molecule has 1 aromatic rings. The van der Waals surface area contributed by atoms with Gasteiger partial charge < -0.3 is 20.1 Å². The fourth-order valence-electron chi connectivity index (χ4n) is 3.18. The molecule has 0 atom stereocenters. The van der Waals surface area contributed by atoms with Crippen LogP contribution in [0.2, 0.25) is 0 Å². The molecule has 1 fully saturated rings. The van der Waals surface area contributed by atoms with Crippen molar-refractivity contribution in [2.75, 3.05) is 46.6 Å². The molecule has 1 saturated heterocycles. The zero-order valence-electron chi connectivity index (χ0n) is 14.6. The van der Waals surface area contributed by atoms with Crippen molar-refractivity contribution in [3.05, 3.63) is 35.4 Å². The molecule has 0 bridgehead atoms. The summed E-state index contributed by atoms with van der Waals surface area (Å²) in [5, 5.41) is 6.17. The number of nitrogens with one attached hydrogen (secondary N) is 2. The SMILES string of the molecule is COCCNCC(=O)NCC1(c2ccccc2C)CCOCC1.Cl. The van der Waals surface area contributed by atoms with Crippen LogP contribution in [0.3, 0.4) is 0 Å². The molecule has 0 aliphatic carbocycles. The zero-order valence-corrected chi connectivity index (χ0v) is 15.4. The number of hydrogen-bond acceptors (Lipinski definition) is 4. The number of amides is 1. The molecule has 0 spiro atoms. The van der Waals surface area contributed by atoms with Gasteiger partial charge in [0.1, 0.15) is 0 Å². The van der Waals surface area contributed by atoms with Gasteiger partial charge in [-0.3, -0.25) is 4.79 Å². The third-order valence-corrected chi connectivity index (χ3v) is 4.56. The maximum Gasteiger partial charge on any atom is 0.233 e. The maximum absolute atomic E-state index is 12.1. The fourth-order valence-corrected chi connectivity index (χ4v) is 3.18. The van der Waals surface area contributed by atoms with E-state index in [1.165, 1.54) is 11.1 Å². The van der Waals surface area contributed by atoms with E-state index >= 15 is 0 Å². The summed E-state index contributed by atoms with van der Waals surface area (Å²) >= 11 is 0. The Bertz CT molecular complexity index is 505. The van der Waals surface area contributed by atoms with Crippen LogP contribution in [-0.2, 0) is 19.7 Å². The minimum atomic E-state index is -0.0220. The molecule has 0 aromatic heterocycles. The maximum atomic E-state index is 12.1. The first kappa shape index (κ1) is 20.9. The lowest BCUT2D eigenvalue weighted by molar-refractivity contribution is -0.120. The quantitative estimate of drug-likeness (QED) is 0.697. The summed E-state index contributed by atoms with van der Waals surface area (Å²) in [7, 11) is 1.65. The molecule has 0 radical (unpaired) electrons. The molecule has 1 aliphatic rings. The molecule has 24 heavy (non-hydrogen) atoms. The van der Waals surface area contributed by atoms with Crippen molar-refractivity contribution in [1.29, 1.82) is 0 Å². The number of benzene rings is 1. The van der Waals surface area contributed by atoms with Gasteiger partial charge in [-0.2, -0.15) is 0 Å². The van der Waals surface area contributed by atoms with Crippen molar-refractivity contribution in [2.45, 2.75) is 25.2 Å². The van der Waals surface area contributed by atoms with Gasteiger partial charge in [0.15, 0.2) is 0 Å². The zero-order chi connectivity index (χ0) is 16.5. The Labute approximate surface area is 150 Å². The van der Waals surface area contributed by atoms with Gasteiger partial charge in [-0.15, -0.1) is 12.4 Å². The largest absolute Gasteiger partial charge is 0.383 e. The monoisotopic (exact) mass is 356 g/mol. The lowest BCUT2D eigenvalue weighted by Gasteiger charge is -2.39. The number of halogens is 1. The molecule has 5 nitrogen and oxygen atoms in total. The molecule has 0 unspecified atom stereocenters. The van der Waals surface area contributed by atoms with Gasteiger partial charge in [-0.05, 0) is 30.9 Å². The van der Waals surface area contributed by atoms with Crippen LogP contribution in [0.25, 0.3) is 0 Å². The lowest BCUT2D eigenvalue weighted by Crippen LogP contribution is -2.47. The molecular formula is C18H29ClN2O3. The highest BCUT2D eigenvalue weighted by atomic mass is 35.5. The minimum Gasteiger partial charge on any atom is -0.383 e. The summed E-state index contributed by atoms with van der Waals surface area (Å²) < 4.78 is 10.5. The van der Waals surface area contributed by atoms with E-state index in [-0.39, 0.29) is 23.7 Å². The fraction of sp³-hybridized carbons (Fsp3) is 0.611. The average molecular weight is 357 g/mol. The molecule has 1 heterocycles. The van der Waals surface area contributed by atoms with Gasteiger partial charge in [0.25, 0.3) is 0 Å². The second kappa shape index (κ2) is 10.7. The van der Waals surface area contributed by atoms with Gasteiger partial charge in [0.05, 0.1) is 13.2 Å². The number of methoxy groups -OCH3 is 1. The normalized spacial score (nSPS) is 16.2. The highest BCUT2D eigenvalue weighted by Gasteiger charge is 2.35. The first-order valence-electron chi connectivity index (χ1n) is 8.28. The number of carbonyl (C=O) groups is 1. The second-order valence-electron chi connectivity index (χ2n) is 6.15. The molecule has 1 aliphatic heterocycles. The Kier molecular flexibility index (Phi) is 9.29. The number of carbonyl (C=O) groups excluding carboxylic acids is 1. The Morgan fingerprint density at radius 2 is 2.00 bits per heavy atom. The molecular weight excluding hydrogens is 328 g/mol. The predicted octanol–water partition coefficient (Wildman–Crippen LogP) is 1.82. The lowest BCUT2D eigenvalue weighted by atomic mass is 9.72. The predicted molar refractivity (Wildman–Crippen MR) is 97.9 cm³/mol. The van der Waals surface area contributed by atoms with Crippen LogP contribution in [0.5, 0.6) is 0 Å². The average Bonchev–Trinajstić information content (AvgIpc) is 2.58. The minimum absolute atomic E-state index is 0. The van der Waals surface area contributed by atoms with Crippen molar-refractivity contribution in [3.8, 4) is 0 Å². The standard InChI is InChI=1S/C18H28N2O3.ClH/c1-15-5-3-4-6-16(15)18(7-10-23-11-8-18)14-20-17(21)13-19-9-12-22-2;/h3-6,19H,7-14H2,1-2H3,(H,20,21);1H. The van der Waals surface area contributed by atoms with Gasteiger partial charge in [0.2, 0.25) is 5.91 Å². The molecule has 2 N–H and O–H groups in total. The van der Waals surface area contributed by atoms with Crippen molar-refractivity contribution >= 4 is 18.3 Å². The summed E-state index contributed by atoms with van der Waals surface area (Å²) in [5.74, 6) is 0.0283. The van der Waals surface area contributed by atoms with E-state index in [0.29, 0.717) is 26.2 Å². The van der Waals surface area contributed by atoms with Crippen LogP contribution < -0.4 is 10.6 Å². The second-order valence-corrected chi connectivity index (χ2v) is 6.15. The van der Waals surface area contributed by atoms with Crippen LogP contribution in [0, 0.1) is 6.92 Å². The summed E-state index contributed by atoms with van der Waals surface area (Å²) in [5.41, 5.74) is 2.59. The summed E-state index contributed by atoms with van der Waals surface area (Å²) in [6.45, 7) is 5.90. The third-order valence-electron chi connectivity index (χ3n) is 4.56. The van der Waals surface area contributed by atoms with E-state index < -0.39 is 0 Å². The van der Waals surface area contributed by atoms with Crippen LogP contribution in [0.15, 0.2) is 24.3 Å². The number of aryl methyl sites for hydroxylation is 1. The molecule has 136 valence electrons. The first-order chi connectivity index (χ1) is 11.2. The van der Waals surface area contributed by atoms with Crippen LogP contribution in [0.4, 0.5) is 0 Å². The molecule has 1 amide bonds. The van der Waals surface area contributed by atoms with Gasteiger partial charge in [-0.25, -0.2) is 0 Å². The highest BCUT2D eigenvalue weighted by Crippen LogP contribution is 2.36. The van der Waals surface area contributed by atoms with Gasteiger partial charge in [-0.1, -0.05) is 24.3 Å². The Morgan fingerprint density at radius 1 is 1.29 bits per heavy atom. The van der Waals surface area contributed by atoms with E-state index in [9.17, 15) is 4.79 Å². The number of rotatable bonds is 8. The van der Waals surface area contributed by atoms with E-state index in [0.717, 1.165) is 26.1 Å². The molecule has 0 saturated carbocycles. The Balaban J connectivity index is 0.00000288. The summed E-state index contributed by atoms with van der Waals surface area (Å²) in [4.78, 5) is 12.1. The number of hydrogen-bond donors (Lipinski definition) is 2. The third kappa shape index (κ3) is 5.74. The van der Waals surface area contributed by atoms with E-state index in [1.807, 2.05) is 0 Å².